The van der Waals surface area contributed by atoms with Crippen molar-refractivity contribution in [1.29, 1.82) is 0 Å². The second-order valence-corrected chi connectivity index (χ2v) is 6.86. The van der Waals surface area contributed by atoms with Gasteiger partial charge in [-0.05, 0) is 30.0 Å². The largest absolute Gasteiger partial charge is 0.484 e. The Morgan fingerprint density at radius 3 is 2.57 bits per heavy atom. The summed E-state index contributed by atoms with van der Waals surface area (Å²) < 4.78 is 7.24. The molecule has 0 fully saturated rings. The molecule has 2 aromatic carbocycles. The number of para-hydroxylation sites is 1. The number of benzene rings is 2. The number of ether oxygens (including phenoxy) is 1. The van der Waals surface area contributed by atoms with Crippen molar-refractivity contribution >= 4 is 34.7 Å². The molecule has 144 valence electrons. The molecule has 3 aromatic rings. The summed E-state index contributed by atoms with van der Waals surface area (Å²) >= 11 is 7.02. The zero-order valence-corrected chi connectivity index (χ0v) is 15.9. The van der Waals surface area contributed by atoms with Crippen molar-refractivity contribution in [3.8, 4) is 5.75 Å². The topological polar surface area (TPSA) is 126 Å². The summed E-state index contributed by atoms with van der Waals surface area (Å²) in [5, 5.41) is 31.0. The van der Waals surface area contributed by atoms with Crippen LogP contribution in [-0.4, -0.2) is 24.6 Å². The highest BCUT2D eigenvalue weighted by molar-refractivity contribution is 7.99. The molecule has 1 aromatic heterocycles. The normalized spacial score (nSPS) is 10.6. The van der Waals surface area contributed by atoms with E-state index in [9.17, 15) is 20.2 Å². The number of halogens is 1. The quantitative estimate of drug-likeness (QED) is 0.413. The summed E-state index contributed by atoms with van der Waals surface area (Å²) in [5.74, 6) is 0.972. The third-order valence-electron chi connectivity index (χ3n) is 3.67. The number of hydrogen-bond acceptors (Lipinski definition) is 8. The van der Waals surface area contributed by atoms with Gasteiger partial charge in [0.25, 0.3) is 11.4 Å². The average molecular weight is 422 g/mol. The third-order valence-corrected chi connectivity index (χ3v) is 5.09. The van der Waals surface area contributed by atoms with Crippen LogP contribution in [0.3, 0.4) is 0 Å². The highest BCUT2D eigenvalue weighted by Gasteiger charge is 2.22. The third kappa shape index (κ3) is 4.21. The van der Waals surface area contributed by atoms with E-state index in [4.69, 9.17) is 16.3 Å². The van der Waals surface area contributed by atoms with Crippen LogP contribution in [0.1, 0.15) is 5.82 Å². The fraction of sp³-hybridized carbons (Fsp3) is 0.125. The first kappa shape index (κ1) is 19.6. The molecule has 0 unspecified atom stereocenters. The second kappa shape index (κ2) is 8.23. The molecular formula is C16H12ClN5O5S. The van der Waals surface area contributed by atoms with Crippen LogP contribution in [0.4, 0.5) is 11.4 Å². The first-order chi connectivity index (χ1) is 13.4. The Bertz CT molecular complexity index is 1060. The van der Waals surface area contributed by atoms with Gasteiger partial charge in [-0.3, -0.25) is 20.2 Å². The van der Waals surface area contributed by atoms with Gasteiger partial charge < -0.3 is 9.30 Å². The van der Waals surface area contributed by atoms with Crippen molar-refractivity contribution in [2.24, 2.45) is 7.05 Å². The molecule has 28 heavy (non-hydrogen) atoms. The van der Waals surface area contributed by atoms with Gasteiger partial charge in [0.1, 0.15) is 12.4 Å². The van der Waals surface area contributed by atoms with Gasteiger partial charge in [-0.1, -0.05) is 23.7 Å². The van der Waals surface area contributed by atoms with E-state index in [1.165, 1.54) is 12.1 Å². The lowest BCUT2D eigenvalue weighted by atomic mass is 10.3. The monoisotopic (exact) mass is 421 g/mol. The lowest BCUT2D eigenvalue weighted by Gasteiger charge is -2.08. The van der Waals surface area contributed by atoms with Gasteiger partial charge in [-0.15, -0.1) is 10.2 Å². The molecule has 10 nitrogen and oxygen atoms in total. The molecule has 0 amide bonds. The average Bonchev–Trinajstić information content (AvgIpc) is 3.01. The molecule has 0 N–H and O–H groups in total. The van der Waals surface area contributed by atoms with Crippen molar-refractivity contribution < 1.29 is 14.6 Å². The molecule has 1 heterocycles. The van der Waals surface area contributed by atoms with E-state index in [1.807, 2.05) is 0 Å². The van der Waals surface area contributed by atoms with E-state index in [-0.39, 0.29) is 22.9 Å². The van der Waals surface area contributed by atoms with Crippen molar-refractivity contribution in [2.75, 3.05) is 0 Å². The number of nitro benzene ring substituents is 2. The lowest BCUT2D eigenvalue weighted by molar-refractivity contribution is -0.396. The fourth-order valence-corrected chi connectivity index (χ4v) is 3.30. The van der Waals surface area contributed by atoms with E-state index in [0.29, 0.717) is 21.8 Å². The maximum Gasteiger partial charge on any atom is 0.290 e. The van der Waals surface area contributed by atoms with Gasteiger partial charge in [-0.25, -0.2) is 0 Å². The molecule has 0 aliphatic heterocycles. The number of rotatable bonds is 7. The molecule has 0 radical (unpaired) electrons. The van der Waals surface area contributed by atoms with Crippen LogP contribution in [0.5, 0.6) is 5.75 Å². The molecule has 0 aliphatic rings. The van der Waals surface area contributed by atoms with Gasteiger partial charge in [0.15, 0.2) is 11.0 Å². The van der Waals surface area contributed by atoms with E-state index in [2.05, 4.69) is 10.2 Å². The highest BCUT2D eigenvalue weighted by atomic mass is 35.5. The second-order valence-electron chi connectivity index (χ2n) is 5.45. The summed E-state index contributed by atoms with van der Waals surface area (Å²) in [6.07, 6.45) is 0. The Morgan fingerprint density at radius 1 is 1.14 bits per heavy atom. The van der Waals surface area contributed by atoms with Crippen molar-refractivity contribution in [3.63, 3.8) is 0 Å². The fourth-order valence-electron chi connectivity index (χ4n) is 2.21. The summed E-state index contributed by atoms with van der Waals surface area (Å²) in [7, 11) is 1.69. The zero-order valence-electron chi connectivity index (χ0n) is 14.3. The maximum atomic E-state index is 11.3. The van der Waals surface area contributed by atoms with Crippen LogP contribution in [0.15, 0.2) is 52.5 Å². The zero-order chi connectivity index (χ0) is 20.3. The number of hydrogen-bond donors (Lipinski definition) is 0. The van der Waals surface area contributed by atoms with Crippen molar-refractivity contribution in [3.05, 3.63) is 73.5 Å². The Kier molecular flexibility index (Phi) is 5.76. The van der Waals surface area contributed by atoms with E-state index in [1.54, 1.807) is 35.9 Å². The Morgan fingerprint density at radius 2 is 1.89 bits per heavy atom. The molecule has 3 rings (SSSR count). The van der Waals surface area contributed by atoms with Crippen LogP contribution >= 0.6 is 23.4 Å². The van der Waals surface area contributed by atoms with E-state index < -0.39 is 9.85 Å². The van der Waals surface area contributed by atoms with Crippen LogP contribution in [0, 0.1) is 20.2 Å². The molecule has 0 atom stereocenters. The molecule has 0 spiro atoms. The van der Waals surface area contributed by atoms with Gasteiger partial charge in [-0.2, -0.15) is 0 Å². The van der Waals surface area contributed by atoms with Gasteiger partial charge >= 0.3 is 0 Å². The molecule has 0 saturated carbocycles. The van der Waals surface area contributed by atoms with Crippen molar-refractivity contribution in [1.82, 2.24) is 14.8 Å². The minimum atomic E-state index is -0.687. The predicted molar refractivity (Wildman–Crippen MR) is 101 cm³/mol. The lowest BCUT2D eigenvalue weighted by Crippen LogP contribution is -2.04. The highest BCUT2D eigenvalue weighted by Crippen LogP contribution is 2.36. The predicted octanol–water partition coefficient (Wildman–Crippen LogP) is 4.02. The molecular weight excluding hydrogens is 410 g/mol. The van der Waals surface area contributed by atoms with E-state index >= 15 is 0 Å². The van der Waals surface area contributed by atoms with Crippen LogP contribution in [0.2, 0.25) is 5.02 Å². The standard InChI is InChI=1S/C16H12ClN5O5S/c1-20-15(9-27-13-5-3-2-4-11(13)17)18-19-16(20)28-14-7-6-10(21(23)24)8-12(14)22(25)26/h2-8H,9H2,1H3. The first-order valence-corrected chi connectivity index (χ1v) is 8.92. The Labute approximate surface area is 167 Å². The number of nitro groups is 2. The summed E-state index contributed by atoms with van der Waals surface area (Å²) in [6, 6.07) is 10.4. The van der Waals surface area contributed by atoms with Crippen LogP contribution < -0.4 is 4.74 Å². The Hall–Kier alpha value is -3.18. The number of aromatic nitrogens is 3. The molecule has 0 aliphatic carbocycles. The smallest absolute Gasteiger partial charge is 0.290 e. The number of nitrogens with zero attached hydrogens (tertiary/aromatic N) is 5. The molecule has 0 bridgehead atoms. The summed E-state index contributed by atoms with van der Waals surface area (Å²) in [5.41, 5.74) is -0.737. The van der Waals surface area contributed by atoms with Gasteiger partial charge in [0.05, 0.1) is 25.8 Å². The minimum absolute atomic E-state index is 0.0934. The van der Waals surface area contributed by atoms with Gasteiger partial charge in [0, 0.05) is 13.1 Å². The van der Waals surface area contributed by atoms with Crippen molar-refractivity contribution in [2.45, 2.75) is 16.7 Å². The maximum absolute atomic E-state index is 11.3. The summed E-state index contributed by atoms with van der Waals surface area (Å²) in [6.45, 7) is 0.0934. The molecule has 0 saturated heterocycles. The van der Waals surface area contributed by atoms with Crippen LogP contribution in [-0.2, 0) is 13.7 Å². The Balaban J connectivity index is 1.80. The van der Waals surface area contributed by atoms with Crippen LogP contribution in [0.25, 0.3) is 0 Å². The minimum Gasteiger partial charge on any atom is -0.484 e. The molecule has 12 heteroatoms. The first-order valence-electron chi connectivity index (χ1n) is 7.73. The van der Waals surface area contributed by atoms with Gasteiger partial charge in [0.2, 0.25) is 0 Å². The summed E-state index contributed by atoms with van der Waals surface area (Å²) in [4.78, 5) is 21.0. The SMILES string of the molecule is Cn1c(COc2ccccc2Cl)nnc1Sc1ccc([N+](=O)[O-])cc1[N+](=O)[O-]. The van der Waals surface area contributed by atoms with E-state index in [0.717, 1.165) is 17.8 Å². The number of non-ortho nitro benzene ring substituents is 1.